The van der Waals surface area contributed by atoms with Crippen molar-refractivity contribution in [2.24, 2.45) is 0 Å². The van der Waals surface area contributed by atoms with Gasteiger partial charge in [0.15, 0.2) is 5.69 Å². The zero-order valence-electron chi connectivity index (χ0n) is 13.2. The number of halogens is 1. The molecule has 24 heavy (non-hydrogen) atoms. The predicted octanol–water partition coefficient (Wildman–Crippen LogP) is 0.505. The molecule has 0 spiro atoms. The van der Waals surface area contributed by atoms with Crippen LogP contribution in [0.4, 0.5) is 0 Å². The van der Waals surface area contributed by atoms with Crippen LogP contribution in [0.1, 0.15) is 34.4 Å². The summed E-state index contributed by atoms with van der Waals surface area (Å²) >= 11 is 0. The van der Waals surface area contributed by atoms with Gasteiger partial charge in [-0.15, -0.1) is 12.4 Å². The van der Waals surface area contributed by atoms with Crippen molar-refractivity contribution < 1.29 is 14.0 Å². The Kier molecular flexibility index (Phi) is 5.99. The number of carbonyl (C=O) groups excluding carboxylic acids is 2. The van der Waals surface area contributed by atoms with Crippen LogP contribution in [0.15, 0.2) is 22.8 Å². The second-order valence-corrected chi connectivity index (χ2v) is 5.45. The normalized spacial score (nSPS) is 14.2. The van der Waals surface area contributed by atoms with Crippen molar-refractivity contribution in [1.29, 1.82) is 0 Å². The average molecular weight is 354 g/mol. The summed E-state index contributed by atoms with van der Waals surface area (Å²) in [5.74, 6) is 0.0217. The molecule has 1 aliphatic heterocycles. The number of fused-ring (bicyclic) bond motifs is 1. The maximum atomic E-state index is 12.3. The number of aromatic amines is 1. The first kappa shape index (κ1) is 18.0. The molecule has 2 aromatic heterocycles. The molecule has 0 aromatic carbocycles. The van der Waals surface area contributed by atoms with Crippen molar-refractivity contribution in [2.75, 3.05) is 6.54 Å². The van der Waals surface area contributed by atoms with Crippen LogP contribution in [0.25, 0.3) is 0 Å². The van der Waals surface area contributed by atoms with Crippen LogP contribution in [-0.4, -0.2) is 34.6 Å². The Morgan fingerprint density at radius 3 is 3.04 bits per heavy atom. The fourth-order valence-corrected chi connectivity index (χ4v) is 2.48. The summed E-state index contributed by atoms with van der Waals surface area (Å²) in [6.07, 6.45) is 2.36. The van der Waals surface area contributed by atoms with Crippen molar-refractivity contribution in [3.8, 4) is 0 Å². The van der Waals surface area contributed by atoms with E-state index in [9.17, 15) is 9.59 Å². The minimum Gasteiger partial charge on any atom is -0.467 e. The van der Waals surface area contributed by atoms with E-state index in [0.717, 1.165) is 24.2 Å². The molecule has 0 bridgehead atoms. The van der Waals surface area contributed by atoms with E-state index in [4.69, 9.17) is 4.42 Å². The van der Waals surface area contributed by atoms with Gasteiger partial charge in [-0.25, -0.2) is 0 Å². The van der Waals surface area contributed by atoms with Gasteiger partial charge in [0.1, 0.15) is 11.8 Å². The third kappa shape index (κ3) is 3.95. The van der Waals surface area contributed by atoms with Gasteiger partial charge in [0.05, 0.1) is 12.8 Å². The summed E-state index contributed by atoms with van der Waals surface area (Å²) in [5.41, 5.74) is 2.19. The molecule has 3 rings (SSSR count). The number of nitrogens with one attached hydrogen (secondary N) is 4. The van der Waals surface area contributed by atoms with E-state index in [2.05, 4.69) is 26.1 Å². The van der Waals surface area contributed by atoms with Crippen LogP contribution >= 0.6 is 12.4 Å². The monoisotopic (exact) mass is 353 g/mol. The van der Waals surface area contributed by atoms with E-state index in [1.807, 2.05) is 0 Å². The first-order chi connectivity index (χ1) is 11.1. The molecule has 4 N–H and O–H groups in total. The Morgan fingerprint density at radius 2 is 2.29 bits per heavy atom. The number of aromatic nitrogens is 2. The molecule has 2 amide bonds. The molecule has 0 radical (unpaired) electrons. The minimum absolute atomic E-state index is 0. The van der Waals surface area contributed by atoms with Crippen LogP contribution < -0.4 is 16.0 Å². The molecular weight excluding hydrogens is 334 g/mol. The van der Waals surface area contributed by atoms with Crippen molar-refractivity contribution in [2.45, 2.75) is 32.5 Å². The van der Waals surface area contributed by atoms with Crippen molar-refractivity contribution >= 4 is 24.2 Å². The van der Waals surface area contributed by atoms with E-state index in [0.29, 0.717) is 18.0 Å². The Morgan fingerprint density at radius 1 is 1.46 bits per heavy atom. The van der Waals surface area contributed by atoms with Crippen molar-refractivity contribution in [3.63, 3.8) is 0 Å². The molecule has 0 fully saturated rings. The van der Waals surface area contributed by atoms with Crippen LogP contribution in [0, 0.1) is 0 Å². The van der Waals surface area contributed by atoms with Gasteiger partial charge >= 0.3 is 0 Å². The fourth-order valence-electron chi connectivity index (χ4n) is 2.48. The highest BCUT2D eigenvalue weighted by atomic mass is 35.5. The Balaban J connectivity index is 0.00000208. The van der Waals surface area contributed by atoms with Gasteiger partial charge < -0.3 is 20.4 Å². The van der Waals surface area contributed by atoms with Gasteiger partial charge in [-0.05, 0) is 19.1 Å². The summed E-state index contributed by atoms with van der Waals surface area (Å²) in [6.45, 7) is 3.38. The quantitative estimate of drug-likeness (QED) is 0.625. The summed E-state index contributed by atoms with van der Waals surface area (Å²) < 4.78 is 5.14. The second kappa shape index (κ2) is 7.98. The highest BCUT2D eigenvalue weighted by molar-refractivity contribution is 5.97. The number of carbonyl (C=O) groups is 2. The SMILES string of the molecule is CC(NC(=O)c1n[nH]c2c1CNCC2)C(=O)NCc1ccco1.Cl. The molecule has 1 unspecified atom stereocenters. The lowest BCUT2D eigenvalue weighted by Gasteiger charge is -2.15. The number of furan rings is 1. The molecule has 0 saturated heterocycles. The molecular formula is C15H20ClN5O3. The third-order valence-electron chi connectivity index (χ3n) is 3.78. The number of H-pyrrole nitrogens is 1. The first-order valence-electron chi connectivity index (χ1n) is 7.53. The molecule has 130 valence electrons. The number of nitrogens with zero attached hydrogens (tertiary/aromatic N) is 1. The largest absolute Gasteiger partial charge is 0.467 e. The number of rotatable bonds is 5. The lowest BCUT2D eigenvalue weighted by Crippen LogP contribution is -2.45. The zero-order chi connectivity index (χ0) is 16.2. The third-order valence-corrected chi connectivity index (χ3v) is 3.78. The second-order valence-electron chi connectivity index (χ2n) is 5.45. The highest BCUT2D eigenvalue weighted by Crippen LogP contribution is 2.15. The first-order valence-corrected chi connectivity index (χ1v) is 7.53. The molecule has 2 aromatic rings. The maximum Gasteiger partial charge on any atom is 0.272 e. The van der Waals surface area contributed by atoms with Gasteiger partial charge in [0, 0.05) is 30.8 Å². The van der Waals surface area contributed by atoms with Gasteiger partial charge in [-0.2, -0.15) is 5.10 Å². The molecule has 0 saturated carbocycles. The van der Waals surface area contributed by atoms with Crippen LogP contribution in [0.5, 0.6) is 0 Å². The molecule has 3 heterocycles. The fraction of sp³-hybridized carbons (Fsp3) is 0.400. The maximum absolute atomic E-state index is 12.3. The molecule has 8 nitrogen and oxygen atoms in total. The van der Waals surface area contributed by atoms with E-state index < -0.39 is 6.04 Å². The van der Waals surface area contributed by atoms with Crippen LogP contribution in [-0.2, 0) is 24.3 Å². The number of amides is 2. The van der Waals surface area contributed by atoms with E-state index in [1.54, 1.807) is 25.3 Å². The molecule has 1 atom stereocenters. The predicted molar refractivity (Wildman–Crippen MR) is 88.7 cm³/mol. The van der Waals surface area contributed by atoms with Crippen LogP contribution in [0.2, 0.25) is 0 Å². The Hall–Kier alpha value is -2.32. The summed E-state index contributed by atoms with van der Waals surface area (Å²) in [5, 5.41) is 15.5. The average Bonchev–Trinajstić information content (AvgIpc) is 3.21. The number of hydrogen-bond acceptors (Lipinski definition) is 5. The number of hydrogen-bond donors (Lipinski definition) is 4. The van der Waals surface area contributed by atoms with E-state index in [1.165, 1.54) is 0 Å². The minimum atomic E-state index is -0.665. The topological polar surface area (TPSA) is 112 Å². The lowest BCUT2D eigenvalue weighted by atomic mass is 10.1. The Labute approximate surface area is 145 Å². The lowest BCUT2D eigenvalue weighted by molar-refractivity contribution is -0.122. The van der Waals surface area contributed by atoms with Gasteiger partial charge in [0.2, 0.25) is 5.91 Å². The molecule has 1 aliphatic rings. The summed E-state index contributed by atoms with van der Waals surface area (Å²) in [7, 11) is 0. The van der Waals surface area contributed by atoms with Crippen molar-refractivity contribution in [1.82, 2.24) is 26.1 Å². The Bertz CT molecular complexity index is 698. The smallest absolute Gasteiger partial charge is 0.272 e. The zero-order valence-corrected chi connectivity index (χ0v) is 14.0. The van der Waals surface area contributed by atoms with E-state index >= 15 is 0 Å². The summed E-state index contributed by atoms with van der Waals surface area (Å²) in [6, 6.07) is 2.86. The van der Waals surface area contributed by atoms with Gasteiger partial charge in [-0.3, -0.25) is 14.7 Å². The summed E-state index contributed by atoms with van der Waals surface area (Å²) in [4.78, 5) is 24.3. The van der Waals surface area contributed by atoms with Gasteiger partial charge in [0.25, 0.3) is 5.91 Å². The van der Waals surface area contributed by atoms with E-state index in [-0.39, 0.29) is 30.8 Å². The molecule has 0 aliphatic carbocycles. The van der Waals surface area contributed by atoms with Crippen LogP contribution in [0.3, 0.4) is 0 Å². The molecule has 9 heteroatoms. The van der Waals surface area contributed by atoms with Gasteiger partial charge in [-0.1, -0.05) is 0 Å². The standard InChI is InChI=1S/C15H19N5O3.ClH/c1-9(14(21)17-7-10-3-2-6-23-10)18-15(22)13-11-8-16-5-4-12(11)19-20-13;/h2-3,6,9,16H,4-5,7-8H2,1H3,(H,17,21)(H,18,22)(H,19,20);1H. The highest BCUT2D eigenvalue weighted by Gasteiger charge is 2.24. The van der Waals surface area contributed by atoms with Crippen molar-refractivity contribution in [3.05, 3.63) is 41.1 Å².